The van der Waals surface area contributed by atoms with Gasteiger partial charge in [-0.3, -0.25) is 4.98 Å². The maximum absolute atomic E-state index is 4.59. The third kappa shape index (κ3) is 3.85. The highest BCUT2D eigenvalue weighted by Gasteiger charge is 2.21. The zero-order valence-corrected chi connectivity index (χ0v) is 13.6. The summed E-state index contributed by atoms with van der Waals surface area (Å²) in [5.41, 5.74) is 3.41. The average molecular weight is 291 g/mol. The third-order valence-corrected chi connectivity index (χ3v) is 4.63. The van der Waals surface area contributed by atoms with Crippen LogP contribution in [-0.2, 0) is 0 Å². The summed E-state index contributed by atoms with van der Waals surface area (Å²) in [6.07, 6.45) is 10.7. The van der Waals surface area contributed by atoms with E-state index in [-0.39, 0.29) is 0 Å². The van der Waals surface area contributed by atoms with Crippen molar-refractivity contribution >= 4 is 6.08 Å². The fraction of sp³-hybridized carbons (Fsp3) is 0.381. The molecule has 3 atom stereocenters. The van der Waals surface area contributed by atoms with E-state index in [0.717, 1.165) is 23.4 Å². The molecule has 1 unspecified atom stereocenters. The second kappa shape index (κ2) is 6.91. The number of rotatable bonds is 3. The molecule has 0 bridgehead atoms. The minimum Gasteiger partial charge on any atom is -0.256 e. The van der Waals surface area contributed by atoms with Crippen molar-refractivity contribution in [2.45, 2.75) is 33.1 Å². The lowest BCUT2D eigenvalue weighted by Gasteiger charge is -2.29. The van der Waals surface area contributed by atoms with E-state index < -0.39 is 0 Å². The summed E-state index contributed by atoms with van der Waals surface area (Å²) in [6, 6.07) is 14.6. The van der Waals surface area contributed by atoms with E-state index in [1.165, 1.54) is 30.4 Å². The molecule has 0 aliphatic heterocycles. The minimum absolute atomic E-state index is 0.729. The molecule has 1 heterocycles. The summed E-state index contributed by atoms with van der Waals surface area (Å²) in [5, 5.41) is 0. The van der Waals surface area contributed by atoms with Crippen LogP contribution in [0.15, 0.2) is 54.7 Å². The summed E-state index contributed by atoms with van der Waals surface area (Å²) in [7, 11) is 0. The molecule has 1 nitrogen and oxygen atoms in total. The Morgan fingerprint density at radius 3 is 2.27 bits per heavy atom. The second-order valence-corrected chi connectivity index (χ2v) is 6.88. The van der Waals surface area contributed by atoms with Crippen molar-refractivity contribution < 1.29 is 0 Å². The molecule has 1 aliphatic carbocycles. The first-order valence-electron chi connectivity index (χ1n) is 8.40. The molecule has 0 spiro atoms. The van der Waals surface area contributed by atoms with Crippen LogP contribution in [0, 0.1) is 17.8 Å². The van der Waals surface area contributed by atoms with Gasteiger partial charge in [-0.2, -0.15) is 0 Å². The Labute approximate surface area is 134 Å². The predicted octanol–water partition coefficient (Wildman–Crippen LogP) is 5.83. The largest absolute Gasteiger partial charge is 0.256 e. The van der Waals surface area contributed by atoms with E-state index in [1.807, 2.05) is 12.3 Å². The number of benzene rings is 1. The minimum atomic E-state index is 0.729. The lowest BCUT2D eigenvalue weighted by Crippen LogP contribution is -2.17. The lowest BCUT2D eigenvalue weighted by molar-refractivity contribution is 0.253. The van der Waals surface area contributed by atoms with Gasteiger partial charge < -0.3 is 0 Å². The summed E-state index contributed by atoms with van der Waals surface area (Å²) in [6.45, 7) is 4.76. The van der Waals surface area contributed by atoms with Crippen molar-refractivity contribution in [1.29, 1.82) is 0 Å². The molecule has 2 aromatic rings. The predicted molar refractivity (Wildman–Crippen MR) is 94.4 cm³/mol. The Bertz CT molecular complexity index is 602. The fourth-order valence-electron chi connectivity index (χ4n) is 3.70. The molecule has 1 fully saturated rings. The van der Waals surface area contributed by atoms with E-state index >= 15 is 0 Å². The molecule has 0 amide bonds. The Morgan fingerprint density at radius 2 is 1.64 bits per heavy atom. The topological polar surface area (TPSA) is 12.9 Å². The molecule has 114 valence electrons. The number of pyridine rings is 1. The highest BCUT2D eigenvalue weighted by atomic mass is 14.7. The fourth-order valence-corrected chi connectivity index (χ4v) is 3.70. The number of allylic oxidation sites excluding steroid dienone is 1. The van der Waals surface area contributed by atoms with Crippen molar-refractivity contribution in [2.75, 3.05) is 0 Å². The summed E-state index contributed by atoms with van der Waals surface area (Å²) in [5.74, 6) is 2.45. The van der Waals surface area contributed by atoms with Crippen LogP contribution < -0.4 is 0 Å². The van der Waals surface area contributed by atoms with Crippen molar-refractivity contribution in [3.8, 4) is 11.3 Å². The van der Waals surface area contributed by atoms with Gasteiger partial charge in [-0.05, 0) is 48.6 Å². The second-order valence-electron chi connectivity index (χ2n) is 6.88. The van der Waals surface area contributed by atoms with Gasteiger partial charge in [0.2, 0.25) is 0 Å². The van der Waals surface area contributed by atoms with E-state index in [1.54, 1.807) is 0 Å². The van der Waals surface area contributed by atoms with Gasteiger partial charge >= 0.3 is 0 Å². The number of nitrogens with zero attached hydrogens (tertiary/aromatic N) is 1. The maximum Gasteiger partial charge on any atom is 0.0702 e. The highest BCUT2D eigenvalue weighted by molar-refractivity contribution is 5.60. The van der Waals surface area contributed by atoms with Crippen molar-refractivity contribution in [3.63, 3.8) is 0 Å². The first-order valence-corrected chi connectivity index (χ1v) is 8.40. The average Bonchev–Trinajstić information content (AvgIpc) is 2.53. The van der Waals surface area contributed by atoms with Crippen molar-refractivity contribution in [3.05, 3.63) is 60.3 Å². The van der Waals surface area contributed by atoms with Crippen LogP contribution in [0.4, 0.5) is 0 Å². The first kappa shape index (κ1) is 15.0. The molecule has 1 saturated carbocycles. The summed E-state index contributed by atoms with van der Waals surface area (Å²) >= 11 is 0. The molecule has 0 N–H and O–H groups in total. The molecule has 1 aromatic heterocycles. The Balaban J connectivity index is 1.67. The van der Waals surface area contributed by atoms with Gasteiger partial charge in [0.25, 0.3) is 0 Å². The SMILES string of the molecule is C[C@@H]1CC(/C=C\c2ccc(-c3ccccc3)nc2)C[C@H](C)C1. The summed E-state index contributed by atoms with van der Waals surface area (Å²) < 4.78 is 0. The van der Waals surface area contributed by atoms with Gasteiger partial charge in [0.1, 0.15) is 0 Å². The van der Waals surface area contributed by atoms with Crippen LogP contribution in [0.25, 0.3) is 17.3 Å². The van der Waals surface area contributed by atoms with Crippen LogP contribution in [0.5, 0.6) is 0 Å². The van der Waals surface area contributed by atoms with Gasteiger partial charge in [0.05, 0.1) is 5.69 Å². The normalized spacial score (nSPS) is 25.5. The maximum atomic E-state index is 4.59. The van der Waals surface area contributed by atoms with Gasteiger partial charge in [0, 0.05) is 11.8 Å². The molecule has 1 aliphatic rings. The molecule has 1 aromatic carbocycles. The monoisotopic (exact) mass is 291 g/mol. The van der Waals surface area contributed by atoms with Crippen LogP contribution in [0.3, 0.4) is 0 Å². The molecule has 0 radical (unpaired) electrons. The number of aromatic nitrogens is 1. The Hall–Kier alpha value is -1.89. The number of hydrogen-bond donors (Lipinski definition) is 0. The molecular weight excluding hydrogens is 266 g/mol. The van der Waals surface area contributed by atoms with E-state index in [0.29, 0.717) is 0 Å². The molecule has 3 rings (SSSR count). The molecule has 22 heavy (non-hydrogen) atoms. The van der Waals surface area contributed by atoms with Crippen LogP contribution >= 0.6 is 0 Å². The van der Waals surface area contributed by atoms with E-state index in [2.05, 4.69) is 67.4 Å². The van der Waals surface area contributed by atoms with Crippen LogP contribution in [0.1, 0.15) is 38.7 Å². The molecule has 1 heteroatoms. The molecule has 0 saturated heterocycles. The van der Waals surface area contributed by atoms with Gasteiger partial charge in [-0.25, -0.2) is 0 Å². The summed E-state index contributed by atoms with van der Waals surface area (Å²) in [4.78, 5) is 4.59. The van der Waals surface area contributed by atoms with Gasteiger partial charge in [-0.15, -0.1) is 0 Å². The molecular formula is C21H25N. The Kier molecular flexibility index (Phi) is 4.72. The van der Waals surface area contributed by atoms with Gasteiger partial charge in [-0.1, -0.05) is 62.4 Å². The van der Waals surface area contributed by atoms with E-state index in [4.69, 9.17) is 0 Å². The van der Waals surface area contributed by atoms with Crippen LogP contribution in [0.2, 0.25) is 0 Å². The first-order chi connectivity index (χ1) is 10.7. The zero-order chi connectivity index (χ0) is 15.4. The zero-order valence-electron chi connectivity index (χ0n) is 13.6. The number of hydrogen-bond acceptors (Lipinski definition) is 1. The quantitative estimate of drug-likeness (QED) is 0.693. The van der Waals surface area contributed by atoms with Gasteiger partial charge in [0.15, 0.2) is 0 Å². The van der Waals surface area contributed by atoms with Crippen LogP contribution in [-0.4, -0.2) is 4.98 Å². The van der Waals surface area contributed by atoms with E-state index in [9.17, 15) is 0 Å². The van der Waals surface area contributed by atoms with Crippen molar-refractivity contribution in [1.82, 2.24) is 4.98 Å². The lowest BCUT2D eigenvalue weighted by atomic mass is 9.76. The Morgan fingerprint density at radius 1 is 0.909 bits per heavy atom. The smallest absolute Gasteiger partial charge is 0.0702 e. The third-order valence-electron chi connectivity index (χ3n) is 4.63. The highest BCUT2D eigenvalue weighted by Crippen LogP contribution is 2.33. The standard InChI is InChI=1S/C21H25N/c1-16-12-17(2)14-19(13-16)9-8-18-10-11-21(22-15-18)20-6-4-3-5-7-20/h3-11,15-17,19H,12-14H2,1-2H3/b9-8-/t16-,17+,19?. The van der Waals surface area contributed by atoms with Crippen molar-refractivity contribution in [2.24, 2.45) is 17.8 Å².